The van der Waals surface area contributed by atoms with E-state index in [9.17, 15) is 0 Å². The van der Waals surface area contributed by atoms with Crippen molar-refractivity contribution in [3.8, 4) is 0 Å². The van der Waals surface area contributed by atoms with Gasteiger partial charge in [0.25, 0.3) is 0 Å². The molecule has 0 aromatic heterocycles. The van der Waals surface area contributed by atoms with Gasteiger partial charge in [0.15, 0.2) is 0 Å². The van der Waals surface area contributed by atoms with E-state index in [0.717, 1.165) is 63.3 Å². The first-order chi connectivity index (χ1) is 11.3. The molecule has 1 heterocycles. The third-order valence-corrected chi connectivity index (χ3v) is 7.00. The van der Waals surface area contributed by atoms with Gasteiger partial charge in [-0.3, -0.25) is 0 Å². The van der Waals surface area contributed by atoms with E-state index in [1.807, 2.05) is 0 Å². The molecule has 0 amide bonds. The standard InChI is InChI=1S/C18H33BrNO4/c1-17(22-4)12-15(16(19)13-18(17,2)23-5)14-20(6-9-21-3)7-10-24-11-8-20/h6-14H2,1-5H3/q+1. The monoisotopic (exact) mass is 406 g/mol. The molecule has 1 aliphatic heterocycles. The lowest BCUT2D eigenvalue weighted by Gasteiger charge is -2.50. The Bertz CT molecular complexity index is 464. The van der Waals surface area contributed by atoms with Crippen molar-refractivity contribution in [2.75, 3.05) is 67.3 Å². The lowest BCUT2D eigenvalue weighted by molar-refractivity contribution is -0.931. The van der Waals surface area contributed by atoms with Gasteiger partial charge < -0.3 is 23.4 Å². The van der Waals surface area contributed by atoms with E-state index in [4.69, 9.17) is 18.9 Å². The lowest BCUT2D eigenvalue weighted by atomic mass is 9.73. The molecule has 2 atom stereocenters. The molecule has 1 aliphatic carbocycles. The fourth-order valence-corrected chi connectivity index (χ4v) is 4.70. The van der Waals surface area contributed by atoms with E-state index >= 15 is 0 Å². The molecule has 24 heavy (non-hydrogen) atoms. The van der Waals surface area contributed by atoms with Gasteiger partial charge in [0.05, 0.1) is 31.0 Å². The van der Waals surface area contributed by atoms with Crippen LogP contribution in [-0.2, 0) is 18.9 Å². The maximum atomic E-state index is 5.93. The fourth-order valence-electron chi connectivity index (χ4n) is 3.90. The Kier molecular flexibility index (Phi) is 6.90. The fraction of sp³-hybridized carbons (Fsp3) is 0.889. The summed E-state index contributed by atoms with van der Waals surface area (Å²) in [6.45, 7) is 10.9. The number of rotatable bonds is 7. The van der Waals surface area contributed by atoms with E-state index < -0.39 is 0 Å². The van der Waals surface area contributed by atoms with Gasteiger partial charge in [-0.2, -0.15) is 0 Å². The van der Waals surface area contributed by atoms with Crippen molar-refractivity contribution in [3.05, 3.63) is 10.1 Å². The third-order valence-electron chi connectivity index (χ3n) is 6.16. The van der Waals surface area contributed by atoms with Crippen LogP contribution in [0.5, 0.6) is 0 Å². The second kappa shape index (κ2) is 8.14. The van der Waals surface area contributed by atoms with E-state index in [1.165, 1.54) is 10.1 Å². The van der Waals surface area contributed by atoms with Gasteiger partial charge in [-0.1, -0.05) is 15.9 Å². The highest BCUT2D eigenvalue weighted by atomic mass is 79.9. The lowest BCUT2D eigenvalue weighted by Crippen LogP contribution is -2.60. The molecule has 0 radical (unpaired) electrons. The van der Waals surface area contributed by atoms with Crippen LogP contribution < -0.4 is 0 Å². The van der Waals surface area contributed by atoms with Crippen LogP contribution in [0.15, 0.2) is 10.1 Å². The van der Waals surface area contributed by atoms with Gasteiger partial charge >= 0.3 is 0 Å². The maximum absolute atomic E-state index is 5.93. The molecule has 140 valence electrons. The first kappa shape index (κ1) is 20.3. The quantitative estimate of drug-likeness (QED) is 0.609. The van der Waals surface area contributed by atoms with Gasteiger partial charge in [0, 0.05) is 38.7 Å². The Labute approximate surface area is 155 Å². The predicted molar refractivity (Wildman–Crippen MR) is 98.4 cm³/mol. The summed E-state index contributed by atoms with van der Waals surface area (Å²) in [5.74, 6) is 0. The van der Waals surface area contributed by atoms with Crippen LogP contribution in [0, 0.1) is 0 Å². The van der Waals surface area contributed by atoms with Crippen molar-refractivity contribution in [1.29, 1.82) is 0 Å². The van der Waals surface area contributed by atoms with Gasteiger partial charge in [-0.25, -0.2) is 0 Å². The zero-order chi connectivity index (χ0) is 17.8. The number of hydrogen-bond acceptors (Lipinski definition) is 4. The van der Waals surface area contributed by atoms with Crippen LogP contribution in [0.4, 0.5) is 0 Å². The molecule has 0 N–H and O–H groups in total. The number of quaternary nitrogens is 1. The molecule has 0 saturated carbocycles. The second-order valence-electron chi connectivity index (χ2n) is 7.51. The second-order valence-corrected chi connectivity index (χ2v) is 8.46. The Balaban J connectivity index is 2.24. The van der Waals surface area contributed by atoms with Gasteiger partial charge in [0.1, 0.15) is 26.2 Å². The highest BCUT2D eigenvalue weighted by Crippen LogP contribution is 2.46. The molecule has 1 saturated heterocycles. The molecule has 2 unspecified atom stereocenters. The summed E-state index contributed by atoms with van der Waals surface area (Å²) in [7, 11) is 5.34. The van der Waals surface area contributed by atoms with Crippen LogP contribution >= 0.6 is 15.9 Å². The molecule has 0 spiro atoms. The Morgan fingerprint density at radius 3 is 2.17 bits per heavy atom. The van der Waals surface area contributed by atoms with Crippen molar-refractivity contribution in [2.45, 2.75) is 37.9 Å². The Morgan fingerprint density at radius 2 is 1.62 bits per heavy atom. The number of ether oxygens (including phenoxy) is 4. The van der Waals surface area contributed by atoms with E-state index in [1.54, 1.807) is 21.3 Å². The molecule has 2 rings (SSSR count). The summed E-state index contributed by atoms with van der Waals surface area (Å²) in [5, 5.41) is 0. The maximum Gasteiger partial charge on any atom is 0.103 e. The molecular formula is C18H33BrNO4+. The van der Waals surface area contributed by atoms with Crippen molar-refractivity contribution in [1.82, 2.24) is 0 Å². The van der Waals surface area contributed by atoms with Gasteiger partial charge in [-0.15, -0.1) is 0 Å². The van der Waals surface area contributed by atoms with Crippen molar-refractivity contribution in [3.63, 3.8) is 0 Å². The highest BCUT2D eigenvalue weighted by molar-refractivity contribution is 9.11. The molecule has 0 aromatic rings. The minimum Gasteiger partial charge on any atom is -0.379 e. The molecule has 5 nitrogen and oxygen atoms in total. The van der Waals surface area contributed by atoms with Crippen LogP contribution in [0.3, 0.4) is 0 Å². The van der Waals surface area contributed by atoms with Crippen molar-refractivity contribution in [2.24, 2.45) is 0 Å². The minimum atomic E-state index is -0.327. The zero-order valence-corrected chi connectivity index (χ0v) is 17.4. The van der Waals surface area contributed by atoms with Crippen LogP contribution in [0.1, 0.15) is 26.7 Å². The summed E-state index contributed by atoms with van der Waals surface area (Å²) in [5.41, 5.74) is 0.782. The SMILES string of the molecule is COCC[N+]1(CC2=C(Br)CC(C)(OC)C(C)(OC)C2)CCOCC1. The van der Waals surface area contributed by atoms with Crippen molar-refractivity contribution < 1.29 is 23.4 Å². The Morgan fingerprint density at radius 1 is 1.04 bits per heavy atom. The van der Waals surface area contributed by atoms with Gasteiger partial charge in [-0.05, 0) is 19.4 Å². The van der Waals surface area contributed by atoms with Crippen LogP contribution in [0.25, 0.3) is 0 Å². The summed E-state index contributed by atoms with van der Waals surface area (Å²) >= 11 is 3.84. The van der Waals surface area contributed by atoms with E-state index in [0.29, 0.717) is 0 Å². The molecule has 6 heteroatoms. The first-order valence-corrected chi connectivity index (χ1v) is 9.51. The van der Waals surface area contributed by atoms with Crippen molar-refractivity contribution >= 4 is 15.9 Å². The topological polar surface area (TPSA) is 36.9 Å². The van der Waals surface area contributed by atoms with Crippen LogP contribution in [0.2, 0.25) is 0 Å². The third kappa shape index (κ3) is 4.05. The predicted octanol–water partition coefficient (Wildman–Crippen LogP) is 2.73. The number of nitrogens with zero attached hydrogens (tertiary/aromatic N) is 1. The van der Waals surface area contributed by atoms with E-state index in [2.05, 4.69) is 29.8 Å². The largest absolute Gasteiger partial charge is 0.379 e. The molecule has 0 aromatic carbocycles. The molecule has 1 fully saturated rings. The van der Waals surface area contributed by atoms with E-state index in [-0.39, 0.29) is 11.2 Å². The van der Waals surface area contributed by atoms with Gasteiger partial charge in [0.2, 0.25) is 0 Å². The summed E-state index contributed by atoms with van der Waals surface area (Å²) < 4.78 is 25.1. The number of halogens is 1. The average Bonchev–Trinajstić information content (AvgIpc) is 2.59. The summed E-state index contributed by atoms with van der Waals surface area (Å²) in [6, 6.07) is 0. The molecule has 2 aliphatic rings. The molecular weight excluding hydrogens is 374 g/mol. The smallest absolute Gasteiger partial charge is 0.103 e. The number of hydrogen-bond donors (Lipinski definition) is 0. The number of morpholine rings is 1. The minimum absolute atomic E-state index is 0.327. The summed E-state index contributed by atoms with van der Waals surface area (Å²) in [4.78, 5) is 0. The first-order valence-electron chi connectivity index (χ1n) is 8.72. The summed E-state index contributed by atoms with van der Waals surface area (Å²) in [6.07, 6.45) is 1.71. The Hall–Kier alpha value is 0.0200. The number of methoxy groups -OCH3 is 3. The highest BCUT2D eigenvalue weighted by Gasteiger charge is 2.50. The zero-order valence-electron chi connectivity index (χ0n) is 15.8. The average molecular weight is 407 g/mol. The normalized spacial score (nSPS) is 33.8. The molecule has 0 bridgehead atoms. The van der Waals surface area contributed by atoms with Crippen LogP contribution in [-0.4, -0.2) is 83.0 Å².